The van der Waals surface area contributed by atoms with Crippen LogP contribution in [0, 0.1) is 12.8 Å². The van der Waals surface area contributed by atoms with Crippen LogP contribution >= 0.6 is 11.6 Å². The number of carbonyl (C=O) groups excluding carboxylic acids is 2. The van der Waals surface area contributed by atoms with Crippen molar-refractivity contribution in [2.24, 2.45) is 5.92 Å². The second-order valence-corrected chi connectivity index (χ2v) is 7.30. The van der Waals surface area contributed by atoms with Crippen LogP contribution in [0.1, 0.15) is 41.8 Å². The number of aryl methyl sites for hydroxylation is 1. The van der Waals surface area contributed by atoms with E-state index in [1.54, 1.807) is 24.3 Å². The predicted molar refractivity (Wildman–Crippen MR) is 105 cm³/mol. The molecule has 0 saturated heterocycles. The first-order valence-corrected chi connectivity index (χ1v) is 9.12. The van der Waals surface area contributed by atoms with Crippen LogP contribution in [0.5, 0.6) is 0 Å². The summed E-state index contributed by atoms with van der Waals surface area (Å²) in [5.74, 6) is -0.185. The quantitative estimate of drug-likeness (QED) is 0.768. The lowest BCUT2D eigenvalue weighted by Gasteiger charge is -2.20. The molecule has 0 bridgehead atoms. The van der Waals surface area contributed by atoms with Crippen LogP contribution in [-0.4, -0.2) is 17.9 Å². The van der Waals surface area contributed by atoms with Gasteiger partial charge in [0.15, 0.2) is 0 Å². The van der Waals surface area contributed by atoms with Crippen LogP contribution in [0.15, 0.2) is 48.5 Å². The minimum Gasteiger partial charge on any atom is -0.350 e. The van der Waals surface area contributed by atoms with Gasteiger partial charge in [0, 0.05) is 17.1 Å². The first kappa shape index (κ1) is 20.0. The molecule has 2 amide bonds. The molecule has 0 aliphatic rings. The summed E-state index contributed by atoms with van der Waals surface area (Å²) in [7, 11) is 0. The van der Waals surface area contributed by atoms with Gasteiger partial charge in [0.1, 0.15) is 6.04 Å². The molecule has 2 aromatic carbocycles. The maximum atomic E-state index is 12.6. The van der Waals surface area contributed by atoms with E-state index in [2.05, 4.69) is 10.6 Å². The lowest BCUT2D eigenvalue weighted by molar-refractivity contribution is -0.123. The lowest BCUT2D eigenvalue weighted by Crippen LogP contribution is -2.47. The fraction of sp³-hybridized carbons (Fsp3) is 0.333. The predicted octanol–water partition coefficient (Wildman–Crippen LogP) is 4.11. The van der Waals surface area contributed by atoms with E-state index in [0.29, 0.717) is 23.6 Å². The number of hydrogen-bond donors (Lipinski definition) is 2. The fourth-order valence-corrected chi connectivity index (χ4v) is 2.69. The van der Waals surface area contributed by atoms with Crippen molar-refractivity contribution in [3.8, 4) is 0 Å². The van der Waals surface area contributed by atoms with Gasteiger partial charge in [0.05, 0.1) is 0 Å². The van der Waals surface area contributed by atoms with Crippen molar-refractivity contribution < 1.29 is 9.59 Å². The second kappa shape index (κ2) is 9.39. The van der Waals surface area contributed by atoms with Gasteiger partial charge in [-0.1, -0.05) is 55.3 Å². The Morgan fingerprint density at radius 3 is 2.19 bits per heavy atom. The number of halogens is 1. The Labute approximate surface area is 159 Å². The average Bonchev–Trinajstić information content (AvgIpc) is 2.60. The third-order valence-corrected chi connectivity index (χ3v) is 4.27. The molecule has 0 unspecified atom stereocenters. The third-order valence-electron chi connectivity index (χ3n) is 4.02. The van der Waals surface area contributed by atoms with Crippen molar-refractivity contribution >= 4 is 23.4 Å². The van der Waals surface area contributed by atoms with Crippen LogP contribution in [0.2, 0.25) is 5.02 Å². The summed E-state index contributed by atoms with van der Waals surface area (Å²) in [5.41, 5.74) is 2.68. The van der Waals surface area contributed by atoms with E-state index in [0.717, 1.165) is 5.56 Å². The summed E-state index contributed by atoms with van der Waals surface area (Å²) in [6.07, 6.45) is 0.569. The Bertz CT molecular complexity index is 740. The summed E-state index contributed by atoms with van der Waals surface area (Å²) in [6.45, 7) is 6.50. The molecule has 5 heteroatoms. The molecule has 0 saturated carbocycles. The Morgan fingerprint density at radius 2 is 1.62 bits per heavy atom. The summed E-state index contributed by atoms with van der Waals surface area (Å²) >= 11 is 5.85. The number of hydrogen-bond acceptors (Lipinski definition) is 2. The normalized spacial score (nSPS) is 11.9. The molecule has 26 heavy (non-hydrogen) atoms. The number of carbonyl (C=O) groups is 2. The van der Waals surface area contributed by atoms with E-state index in [4.69, 9.17) is 11.6 Å². The minimum absolute atomic E-state index is 0.179. The molecule has 0 radical (unpaired) electrons. The van der Waals surface area contributed by atoms with Gasteiger partial charge >= 0.3 is 0 Å². The zero-order valence-corrected chi connectivity index (χ0v) is 16.1. The monoisotopic (exact) mass is 372 g/mol. The maximum Gasteiger partial charge on any atom is 0.251 e. The molecule has 0 fully saturated rings. The molecule has 2 N–H and O–H groups in total. The lowest BCUT2D eigenvalue weighted by atomic mass is 10.0. The Kier molecular flexibility index (Phi) is 7.22. The summed E-state index contributed by atoms with van der Waals surface area (Å²) in [6, 6.07) is 14.0. The van der Waals surface area contributed by atoms with Gasteiger partial charge in [-0.15, -0.1) is 0 Å². The van der Waals surface area contributed by atoms with Gasteiger partial charge in [-0.3, -0.25) is 9.59 Å². The smallest absolute Gasteiger partial charge is 0.251 e. The first-order valence-electron chi connectivity index (χ1n) is 8.75. The number of nitrogens with one attached hydrogen (secondary N) is 2. The molecule has 0 heterocycles. The minimum atomic E-state index is -0.580. The highest BCUT2D eigenvalue weighted by Crippen LogP contribution is 2.11. The summed E-state index contributed by atoms with van der Waals surface area (Å²) < 4.78 is 0. The Morgan fingerprint density at radius 1 is 1.00 bits per heavy atom. The van der Waals surface area contributed by atoms with E-state index in [-0.39, 0.29) is 17.7 Å². The topological polar surface area (TPSA) is 58.2 Å². The maximum absolute atomic E-state index is 12.6. The van der Waals surface area contributed by atoms with Crippen LogP contribution in [0.4, 0.5) is 0 Å². The molecule has 0 aliphatic carbocycles. The molecule has 2 aromatic rings. The molecule has 4 nitrogen and oxygen atoms in total. The largest absolute Gasteiger partial charge is 0.350 e. The number of rotatable bonds is 7. The summed E-state index contributed by atoms with van der Waals surface area (Å²) in [4.78, 5) is 25.0. The molecule has 2 rings (SSSR count). The van der Waals surface area contributed by atoms with Gasteiger partial charge in [-0.25, -0.2) is 0 Å². The Hall–Kier alpha value is -2.33. The molecule has 1 atom stereocenters. The van der Waals surface area contributed by atoms with Gasteiger partial charge < -0.3 is 10.6 Å². The van der Waals surface area contributed by atoms with Crippen LogP contribution in [0.3, 0.4) is 0 Å². The van der Waals surface area contributed by atoms with E-state index in [9.17, 15) is 9.59 Å². The third kappa shape index (κ3) is 6.19. The SMILES string of the molecule is Cc1ccc(CNC(=O)[C@@H](CC(C)C)NC(=O)c2ccc(Cl)cc2)cc1. The molecule has 0 aromatic heterocycles. The molecular formula is C21H25ClN2O2. The first-order chi connectivity index (χ1) is 12.3. The molecular weight excluding hydrogens is 348 g/mol. The highest BCUT2D eigenvalue weighted by Gasteiger charge is 2.22. The fourth-order valence-electron chi connectivity index (χ4n) is 2.56. The van der Waals surface area contributed by atoms with Crippen molar-refractivity contribution in [3.63, 3.8) is 0 Å². The van der Waals surface area contributed by atoms with E-state index in [1.165, 1.54) is 5.56 Å². The second-order valence-electron chi connectivity index (χ2n) is 6.87. The van der Waals surface area contributed by atoms with Crippen molar-refractivity contribution in [1.82, 2.24) is 10.6 Å². The van der Waals surface area contributed by atoms with E-state index < -0.39 is 6.04 Å². The van der Waals surface area contributed by atoms with Gasteiger partial charge in [-0.05, 0) is 49.1 Å². The molecule has 0 aliphatic heterocycles. The zero-order chi connectivity index (χ0) is 19.1. The van der Waals surface area contributed by atoms with Gasteiger partial charge in [0.2, 0.25) is 5.91 Å². The average molecular weight is 373 g/mol. The highest BCUT2D eigenvalue weighted by molar-refractivity contribution is 6.30. The highest BCUT2D eigenvalue weighted by atomic mass is 35.5. The number of benzene rings is 2. The zero-order valence-electron chi connectivity index (χ0n) is 15.4. The van der Waals surface area contributed by atoms with E-state index >= 15 is 0 Å². The van der Waals surface area contributed by atoms with Crippen LogP contribution < -0.4 is 10.6 Å². The van der Waals surface area contributed by atoms with Crippen molar-refractivity contribution in [2.75, 3.05) is 0 Å². The van der Waals surface area contributed by atoms with Crippen molar-refractivity contribution in [3.05, 3.63) is 70.2 Å². The summed E-state index contributed by atoms with van der Waals surface area (Å²) in [5, 5.41) is 6.32. The van der Waals surface area contributed by atoms with E-state index in [1.807, 2.05) is 45.0 Å². The number of amides is 2. The van der Waals surface area contributed by atoms with Gasteiger partial charge in [0.25, 0.3) is 5.91 Å². The molecule has 0 spiro atoms. The van der Waals surface area contributed by atoms with Crippen molar-refractivity contribution in [2.45, 2.75) is 39.8 Å². The standard InChI is InChI=1S/C21H25ClN2O2/c1-14(2)12-19(24-20(25)17-8-10-18(22)11-9-17)21(26)23-13-16-6-4-15(3)5-7-16/h4-11,14,19H,12-13H2,1-3H3,(H,23,26)(H,24,25)/t19-/m1/s1. The Balaban J connectivity index is 2.00. The van der Waals surface area contributed by atoms with Crippen LogP contribution in [-0.2, 0) is 11.3 Å². The molecule has 138 valence electrons. The van der Waals surface area contributed by atoms with Gasteiger partial charge in [-0.2, -0.15) is 0 Å². The van der Waals surface area contributed by atoms with Crippen LogP contribution in [0.25, 0.3) is 0 Å². The van der Waals surface area contributed by atoms with Crippen molar-refractivity contribution in [1.29, 1.82) is 0 Å².